The highest BCUT2D eigenvalue weighted by Gasteiger charge is 2.26. The van der Waals surface area contributed by atoms with Gasteiger partial charge >= 0.3 is 0 Å². The van der Waals surface area contributed by atoms with Gasteiger partial charge < -0.3 is 11.1 Å². The third kappa shape index (κ3) is 2.52. The van der Waals surface area contributed by atoms with Crippen LogP contribution < -0.4 is 11.1 Å². The Labute approximate surface area is 114 Å². The van der Waals surface area contributed by atoms with Crippen LogP contribution in [-0.4, -0.2) is 5.91 Å². The monoisotopic (exact) mass is 258 g/mol. The Morgan fingerprint density at radius 3 is 2.74 bits per heavy atom. The number of rotatable bonds is 2. The molecule has 3 heteroatoms. The molecule has 0 spiro atoms. The Morgan fingerprint density at radius 2 is 2.00 bits per heavy atom. The topological polar surface area (TPSA) is 55.1 Å². The van der Waals surface area contributed by atoms with Crippen molar-refractivity contribution >= 4 is 11.6 Å². The maximum Gasteiger partial charge on any atom is 0.228 e. The predicted octanol–water partition coefficient (Wildman–Crippen LogP) is 3.01. The SMILES string of the molecule is CC1CCC(C(N)c2ccc3c(c2)CC(=O)N3)CC1. The minimum atomic E-state index is 0.0900. The lowest BCUT2D eigenvalue weighted by Gasteiger charge is -2.31. The van der Waals surface area contributed by atoms with E-state index in [4.69, 9.17) is 5.73 Å². The Kier molecular flexibility index (Phi) is 3.31. The minimum absolute atomic E-state index is 0.0900. The molecule has 3 rings (SSSR count). The number of hydrogen-bond acceptors (Lipinski definition) is 2. The molecule has 0 aromatic heterocycles. The summed E-state index contributed by atoms with van der Waals surface area (Å²) in [7, 11) is 0. The number of anilines is 1. The zero-order chi connectivity index (χ0) is 13.4. The molecule has 1 fully saturated rings. The number of hydrogen-bond donors (Lipinski definition) is 2. The smallest absolute Gasteiger partial charge is 0.228 e. The third-order valence-corrected chi connectivity index (χ3v) is 4.71. The van der Waals surface area contributed by atoms with Crippen LogP contribution in [0.15, 0.2) is 18.2 Å². The summed E-state index contributed by atoms with van der Waals surface area (Å²) in [5.74, 6) is 1.54. The number of nitrogens with two attached hydrogens (primary N) is 1. The van der Waals surface area contributed by atoms with Gasteiger partial charge in [-0.2, -0.15) is 0 Å². The first-order valence-electron chi connectivity index (χ1n) is 7.31. The molecule has 1 aromatic carbocycles. The molecule has 1 atom stereocenters. The van der Waals surface area contributed by atoms with Crippen LogP contribution >= 0.6 is 0 Å². The van der Waals surface area contributed by atoms with Crippen LogP contribution in [0.3, 0.4) is 0 Å². The molecule has 3 nitrogen and oxygen atoms in total. The summed E-state index contributed by atoms with van der Waals surface area (Å²) in [5.41, 5.74) is 9.68. The van der Waals surface area contributed by atoms with Gasteiger partial charge in [0.15, 0.2) is 0 Å². The van der Waals surface area contributed by atoms with Crippen LogP contribution in [0.25, 0.3) is 0 Å². The molecular weight excluding hydrogens is 236 g/mol. The van der Waals surface area contributed by atoms with E-state index in [-0.39, 0.29) is 11.9 Å². The molecule has 102 valence electrons. The number of carbonyl (C=O) groups excluding carboxylic acids is 1. The summed E-state index contributed by atoms with van der Waals surface area (Å²) in [6.07, 6.45) is 5.55. The maximum atomic E-state index is 11.4. The van der Waals surface area contributed by atoms with Gasteiger partial charge in [0.2, 0.25) is 5.91 Å². The molecule has 3 N–H and O–H groups in total. The van der Waals surface area contributed by atoms with Crippen molar-refractivity contribution in [1.82, 2.24) is 0 Å². The highest BCUT2D eigenvalue weighted by Crippen LogP contribution is 2.36. The lowest BCUT2D eigenvalue weighted by atomic mass is 9.77. The molecule has 1 aliphatic heterocycles. The van der Waals surface area contributed by atoms with E-state index in [9.17, 15) is 4.79 Å². The summed E-state index contributed by atoms with van der Waals surface area (Å²) < 4.78 is 0. The van der Waals surface area contributed by atoms with Crippen LogP contribution in [0.5, 0.6) is 0 Å². The summed E-state index contributed by atoms with van der Waals surface area (Å²) in [4.78, 5) is 11.4. The molecule has 1 amide bonds. The average Bonchev–Trinajstić information content (AvgIpc) is 2.77. The minimum Gasteiger partial charge on any atom is -0.326 e. The summed E-state index contributed by atoms with van der Waals surface area (Å²) in [5, 5.41) is 2.87. The van der Waals surface area contributed by atoms with E-state index in [1.165, 1.54) is 31.2 Å². The second-order valence-electron chi connectivity index (χ2n) is 6.19. The van der Waals surface area contributed by atoms with Crippen molar-refractivity contribution in [2.75, 3.05) is 5.32 Å². The maximum absolute atomic E-state index is 11.4. The molecule has 1 aliphatic carbocycles. The molecule has 0 bridgehead atoms. The average molecular weight is 258 g/mol. The largest absolute Gasteiger partial charge is 0.326 e. The van der Waals surface area contributed by atoms with Crippen LogP contribution in [0.2, 0.25) is 0 Å². The molecule has 1 unspecified atom stereocenters. The fourth-order valence-electron chi connectivity index (χ4n) is 3.37. The standard InChI is InChI=1S/C16H22N2O/c1-10-2-4-11(5-3-10)16(17)12-6-7-14-13(8-12)9-15(19)18-14/h6-8,10-11,16H,2-5,9,17H2,1H3,(H,18,19). The van der Waals surface area contributed by atoms with Crippen LogP contribution in [-0.2, 0) is 11.2 Å². The predicted molar refractivity (Wildman–Crippen MR) is 76.8 cm³/mol. The first-order chi connectivity index (χ1) is 9.13. The van der Waals surface area contributed by atoms with Crippen LogP contribution in [0, 0.1) is 11.8 Å². The first-order valence-corrected chi connectivity index (χ1v) is 7.31. The quantitative estimate of drug-likeness (QED) is 0.856. The van der Waals surface area contributed by atoms with Crippen molar-refractivity contribution in [2.24, 2.45) is 17.6 Å². The summed E-state index contributed by atoms with van der Waals surface area (Å²) in [6.45, 7) is 2.33. The number of fused-ring (bicyclic) bond motifs is 1. The second kappa shape index (κ2) is 4.97. The number of benzene rings is 1. The van der Waals surface area contributed by atoms with Crippen LogP contribution in [0.1, 0.15) is 49.8 Å². The van der Waals surface area contributed by atoms with Crippen molar-refractivity contribution in [3.05, 3.63) is 29.3 Å². The Balaban J connectivity index is 1.75. The molecule has 0 radical (unpaired) electrons. The Morgan fingerprint density at radius 1 is 1.26 bits per heavy atom. The van der Waals surface area contributed by atoms with Gasteiger partial charge in [0.1, 0.15) is 0 Å². The third-order valence-electron chi connectivity index (χ3n) is 4.71. The van der Waals surface area contributed by atoms with Crippen LogP contribution in [0.4, 0.5) is 5.69 Å². The fraction of sp³-hybridized carbons (Fsp3) is 0.562. The molecular formula is C16H22N2O. The first kappa shape index (κ1) is 12.7. The van der Waals surface area contributed by atoms with E-state index in [0.717, 1.165) is 17.2 Å². The van der Waals surface area contributed by atoms with Gasteiger partial charge in [0.25, 0.3) is 0 Å². The van der Waals surface area contributed by atoms with E-state index >= 15 is 0 Å². The lowest BCUT2D eigenvalue weighted by molar-refractivity contribution is -0.115. The summed E-state index contributed by atoms with van der Waals surface area (Å²) >= 11 is 0. The van der Waals surface area contributed by atoms with Crippen molar-refractivity contribution < 1.29 is 4.79 Å². The molecule has 1 aromatic rings. The van der Waals surface area contributed by atoms with Crippen molar-refractivity contribution in [3.63, 3.8) is 0 Å². The van der Waals surface area contributed by atoms with Crippen molar-refractivity contribution in [1.29, 1.82) is 0 Å². The highest BCUT2D eigenvalue weighted by molar-refractivity contribution is 5.99. The normalized spacial score (nSPS) is 27.8. The molecule has 0 saturated heterocycles. The summed E-state index contributed by atoms with van der Waals surface area (Å²) in [6, 6.07) is 6.32. The number of carbonyl (C=O) groups is 1. The zero-order valence-corrected chi connectivity index (χ0v) is 11.5. The Hall–Kier alpha value is -1.35. The molecule has 2 aliphatic rings. The van der Waals surface area contributed by atoms with E-state index < -0.39 is 0 Å². The van der Waals surface area contributed by atoms with Gasteiger partial charge in [-0.3, -0.25) is 4.79 Å². The molecule has 1 heterocycles. The van der Waals surface area contributed by atoms with E-state index in [2.05, 4.69) is 24.4 Å². The van der Waals surface area contributed by atoms with Crippen molar-refractivity contribution in [2.45, 2.75) is 45.1 Å². The molecule has 19 heavy (non-hydrogen) atoms. The Bertz CT molecular complexity index is 490. The zero-order valence-electron chi connectivity index (χ0n) is 11.5. The van der Waals surface area contributed by atoms with Crippen molar-refractivity contribution in [3.8, 4) is 0 Å². The number of nitrogens with one attached hydrogen (secondary N) is 1. The van der Waals surface area contributed by atoms with E-state index in [1.807, 2.05) is 6.07 Å². The van der Waals surface area contributed by atoms with E-state index in [1.54, 1.807) is 0 Å². The van der Waals surface area contributed by atoms with Gasteiger partial charge in [-0.05, 0) is 41.9 Å². The van der Waals surface area contributed by atoms with Gasteiger partial charge in [-0.25, -0.2) is 0 Å². The lowest BCUT2D eigenvalue weighted by Crippen LogP contribution is -2.25. The molecule has 1 saturated carbocycles. The van der Waals surface area contributed by atoms with E-state index in [0.29, 0.717) is 12.3 Å². The fourth-order valence-corrected chi connectivity index (χ4v) is 3.37. The number of amides is 1. The van der Waals surface area contributed by atoms with Gasteiger partial charge in [-0.15, -0.1) is 0 Å². The van der Waals surface area contributed by atoms with Gasteiger partial charge in [0.05, 0.1) is 6.42 Å². The highest BCUT2D eigenvalue weighted by atomic mass is 16.1. The second-order valence-corrected chi connectivity index (χ2v) is 6.19. The van der Waals surface area contributed by atoms with Gasteiger partial charge in [-0.1, -0.05) is 31.9 Å². The van der Waals surface area contributed by atoms with Gasteiger partial charge in [0, 0.05) is 11.7 Å².